The molecular weight excluding hydrogens is 242 g/mol. The number of hydrogen-bond donors (Lipinski definition) is 1. The van der Waals surface area contributed by atoms with Crippen molar-refractivity contribution >= 4 is 11.8 Å². The summed E-state index contributed by atoms with van der Waals surface area (Å²) in [4.78, 5) is 0. The molecule has 1 nitrogen and oxygen atoms in total. The van der Waals surface area contributed by atoms with E-state index in [1.807, 2.05) is 0 Å². The lowest BCUT2D eigenvalue weighted by molar-refractivity contribution is 0.165. The average molecular weight is 258 g/mol. The fourth-order valence-corrected chi connectivity index (χ4v) is 3.44. The number of thioether (sulfide) groups is 1. The molecule has 1 aromatic rings. The minimum atomic E-state index is -0.576. The summed E-state index contributed by atoms with van der Waals surface area (Å²) in [5, 5.41) is 10.2. The zero-order valence-electron chi connectivity index (χ0n) is 9.53. The van der Waals surface area contributed by atoms with E-state index in [9.17, 15) is 13.9 Å². The van der Waals surface area contributed by atoms with Crippen molar-refractivity contribution in [3.8, 4) is 0 Å². The standard InChI is InChI=1S/C13H16F2OS/c14-10-5-4-9(11(15)8-10)7-12(16)13-3-1-2-6-17-13/h4-5,8,12-13,16H,1-3,6-7H2. The van der Waals surface area contributed by atoms with Crippen LogP contribution in [0.3, 0.4) is 0 Å². The van der Waals surface area contributed by atoms with E-state index in [2.05, 4.69) is 0 Å². The van der Waals surface area contributed by atoms with Gasteiger partial charge in [0.15, 0.2) is 0 Å². The Labute approximate surface area is 104 Å². The van der Waals surface area contributed by atoms with E-state index in [0.717, 1.165) is 24.7 Å². The third-order valence-electron chi connectivity index (χ3n) is 3.09. The van der Waals surface area contributed by atoms with Crippen molar-refractivity contribution in [1.82, 2.24) is 0 Å². The minimum Gasteiger partial charge on any atom is -0.392 e. The van der Waals surface area contributed by atoms with E-state index in [4.69, 9.17) is 0 Å². The molecule has 1 N–H and O–H groups in total. The van der Waals surface area contributed by atoms with Crippen LogP contribution in [0.5, 0.6) is 0 Å². The lowest BCUT2D eigenvalue weighted by Crippen LogP contribution is -2.28. The fourth-order valence-electron chi connectivity index (χ4n) is 2.11. The predicted molar refractivity (Wildman–Crippen MR) is 66.2 cm³/mol. The van der Waals surface area contributed by atoms with Gasteiger partial charge in [-0.2, -0.15) is 11.8 Å². The van der Waals surface area contributed by atoms with E-state index in [1.54, 1.807) is 11.8 Å². The number of halogens is 2. The monoisotopic (exact) mass is 258 g/mol. The maximum absolute atomic E-state index is 13.4. The van der Waals surface area contributed by atoms with Crippen LogP contribution in [0, 0.1) is 11.6 Å². The molecule has 1 aromatic carbocycles. The third-order valence-corrected chi connectivity index (χ3v) is 4.59. The van der Waals surface area contributed by atoms with Gasteiger partial charge in [0.1, 0.15) is 11.6 Å². The normalized spacial score (nSPS) is 22.4. The van der Waals surface area contributed by atoms with E-state index < -0.39 is 17.7 Å². The summed E-state index contributed by atoms with van der Waals surface area (Å²) >= 11 is 1.75. The van der Waals surface area contributed by atoms with Crippen LogP contribution in [0.2, 0.25) is 0 Å². The van der Waals surface area contributed by atoms with Crippen molar-refractivity contribution in [1.29, 1.82) is 0 Å². The first-order valence-electron chi connectivity index (χ1n) is 5.90. The Balaban J connectivity index is 1.99. The van der Waals surface area contributed by atoms with E-state index in [-0.39, 0.29) is 11.7 Å². The molecule has 1 aliphatic heterocycles. The van der Waals surface area contributed by atoms with Crippen LogP contribution in [0.4, 0.5) is 8.78 Å². The van der Waals surface area contributed by atoms with Gasteiger partial charge in [0, 0.05) is 17.7 Å². The summed E-state index contributed by atoms with van der Waals surface area (Å²) in [7, 11) is 0. The van der Waals surface area contributed by atoms with Gasteiger partial charge in [-0.3, -0.25) is 0 Å². The van der Waals surface area contributed by atoms with Gasteiger partial charge in [0.2, 0.25) is 0 Å². The minimum absolute atomic E-state index is 0.188. The molecule has 0 spiro atoms. The van der Waals surface area contributed by atoms with E-state index in [1.165, 1.54) is 18.6 Å². The molecule has 2 unspecified atom stereocenters. The average Bonchev–Trinajstić information content (AvgIpc) is 2.34. The highest BCUT2D eigenvalue weighted by atomic mass is 32.2. The number of benzene rings is 1. The molecule has 0 aliphatic carbocycles. The van der Waals surface area contributed by atoms with Crippen LogP contribution in [-0.4, -0.2) is 22.2 Å². The highest BCUT2D eigenvalue weighted by Gasteiger charge is 2.23. The zero-order chi connectivity index (χ0) is 12.3. The van der Waals surface area contributed by atoms with Gasteiger partial charge in [0.25, 0.3) is 0 Å². The Morgan fingerprint density at radius 1 is 1.35 bits per heavy atom. The van der Waals surface area contributed by atoms with Crippen molar-refractivity contribution in [2.75, 3.05) is 5.75 Å². The maximum atomic E-state index is 13.4. The first-order valence-corrected chi connectivity index (χ1v) is 6.95. The topological polar surface area (TPSA) is 20.2 Å². The molecule has 0 aromatic heterocycles. The molecule has 0 bridgehead atoms. The molecule has 1 heterocycles. The summed E-state index contributed by atoms with van der Waals surface area (Å²) in [5.41, 5.74) is 0.394. The predicted octanol–water partition coefficient (Wildman–Crippen LogP) is 3.15. The molecule has 2 rings (SSSR count). The van der Waals surface area contributed by atoms with Gasteiger partial charge in [-0.25, -0.2) is 8.78 Å². The smallest absolute Gasteiger partial charge is 0.129 e. The molecule has 1 fully saturated rings. The molecule has 17 heavy (non-hydrogen) atoms. The van der Waals surface area contributed by atoms with Crippen LogP contribution in [-0.2, 0) is 6.42 Å². The van der Waals surface area contributed by atoms with Crippen molar-refractivity contribution in [2.24, 2.45) is 0 Å². The van der Waals surface area contributed by atoms with Crippen molar-refractivity contribution in [3.05, 3.63) is 35.4 Å². The van der Waals surface area contributed by atoms with Crippen LogP contribution in [0.25, 0.3) is 0 Å². The van der Waals surface area contributed by atoms with Gasteiger partial charge in [0.05, 0.1) is 6.10 Å². The lowest BCUT2D eigenvalue weighted by Gasteiger charge is -2.26. The van der Waals surface area contributed by atoms with Crippen LogP contribution >= 0.6 is 11.8 Å². The van der Waals surface area contributed by atoms with Gasteiger partial charge >= 0.3 is 0 Å². The Morgan fingerprint density at radius 2 is 2.18 bits per heavy atom. The second-order valence-corrected chi connectivity index (χ2v) is 5.76. The summed E-state index contributed by atoms with van der Waals surface area (Å²) in [5.74, 6) is -0.0780. The Morgan fingerprint density at radius 3 is 2.82 bits per heavy atom. The molecule has 1 aliphatic rings. The highest BCUT2D eigenvalue weighted by Crippen LogP contribution is 2.29. The molecule has 0 radical (unpaired) electrons. The van der Waals surface area contributed by atoms with Crippen molar-refractivity contribution in [2.45, 2.75) is 37.0 Å². The molecule has 1 saturated heterocycles. The van der Waals surface area contributed by atoms with Gasteiger partial charge in [-0.15, -0.1) is 0 Å². The number of aliphatic hydroxyl groups is 1. The second kappa shape index (κ2) is 5.83. The molecule has 4 heteroatoms. The molecule has 0 saturated carbocycles. The number of aliphatic hydroxyl groups excluding tert-OH is 1. The van der Waals surface area contributed by atoms with Crippen LogP contribution < -0.4 is 0 Å². The van der Waals surface area contributed by atoms with Gasteiger partial charge in [-0.05, 0) is 30.2 Å². The number of rotatable bonds is 3. The molecular formula is C13H16F2OS. The van der Waals surface area contributed by atoms with E-state index in [0.29, 0.717) is 5.56 Å². The van der Waals surface area contributed by atoms with E-state index >= 15 is 0 Å². The zero-order valence-corrected chi connectivity index (χ0v) is 10.4. The Hall–Kier alpha value is -0.610. The SMILES string of the molecule is OC(Cc1ccc(F)cc1F)C1CCCCS1. The lowest BCUT2D eigenvalue weighted by atomic mass is 10.0. The van der Waals surface area contributed by atoms with Crippen LogP contribution in [0.1, 0.15) is 24.8 Å². The Bertz CT molecular complexity index is 378. The highest BCUT2D eigenvalue weighted by molar-refractivity contribution is 8.00. The van der Waals surface area contributed by atoms with Crippen molar-refractivity contribution < 1.29 is 13.9 Å². The molecule has 2 atom stereocenters. The molecule has 0 amide bonds. The first kappa shape index (κ1) is 12.8. The quantitative estimate of drug-likeness (QED) is 0.898. The largest absolute Gasteiger partial charge is 0.392 e. The summed E-state index contributed by atoms with van der Waals surface area (Å²) < 4.78 is 26.2. The third kappa shape index (κ3) is 3.42. The fraction of sp³-hybridized carbons (Fsp3) is 0.538. The summed E-state index contributed by atoms with van der Waals surface area (Å²) in [6, 6.07) is 3.52. The van der Waals surface area contributed by atoms with Gasteiger partial charge in [-0.1, -0.05) is 12.5 Å². The Kier molecular flexibility index (Phi) is 4.40. The maximum Gasteiger partial charge on any atom is 0.129 e. The number of hydrogen-bond acceptors (Lipinski definition) is 2. The second-order valence-electron chi connectivity index (χ2n) is 4.41. The van der Waals surface area contributed by atoms with Gasteiger partial charge < -0.3 is 5.11 Å². The first-order chi connectivity index (χ1) is 8.16. The molecule has 94 valence electrons. The summed E-state index contributed by atoms with van der Waals surface area (Å²) in [6.07, 6.45) is 3.03. The van der Waals surface area contributed by atoms with Crippen LogP contribution in [0.15, 0.2) is 18.2 Å². The van der Waals surface area contributed by atoms with Crippen molar-refractivity contribution in [3.63, 3.8) is 0 Å². The summed E-state index contributed by atoms with van der Waals surface area (Å²) in [6.45, 7) is 0.